The van der Waals surface area contributed by atoms with Crippen LogP contribution in [0.2, 0.25) is 0 Å². The summed E-state index contributed by atoms with van der Waals surface area (Å²) in [7, 11) is 1.52. The number of carbonyl (C=O) groups excluding carboxylic acids is 2. The van der Waals surface area contributed by atoms with Crippen molar-refractivity contribution in [1.29, 1.82) is 0 Å². The minimum absolute atomic E-state index is 0.349. The summed E-state index contributed by atoms with van der Waals surface area (Å²) in [6.45, 7) is 2.28. The molecule has 0 bridgehead atoms. The lowest BCUT2D eigenvalue weighted by molar-refractivity contribution is -0.120. The van der Waals surface area contributed by atoms with E-state index in [1.807, 2.05) is 13.0 Å². The predicted octanol–water partition coefficient (Wildman–Crippen LogP) is 2.05. The van der Waals surface area contributed by atoms with E-state index in [0.717, 1.165) is 0 Å². The fourth-order valence-electron chi connectivity index (χ4n) is 2.26. The van der Waals surface area contributed by atoms with E-state index in [4.69, 9.17) is 15.2 Å². The van der Waals surface area contributed by atoms with Gasteiger partial charge in [-0.2, -0.15) is 0 Å². The Bertz CT molecular complexity index is 716. The average Bonchev–Trinajstić information content (AvgIpc) is 2.60. The van der Waals surface area contributed by atoms with E-state index in [1.165, 1.54) is 7.11 Å². The maximum Gasteiger partial charge on any atom is 0.252 e. The van der Waals surface area contributed by atoms with E-state index in [0.29, 0.717) is 29.2 Å². The molecule has 0 saturated carbocycles. The zero-order chi connectivity index (χ0) is 17.5. The van der Waals surface area contributed by atoms with Crippen LogP contribution in [-0.2, 0) is 4.79 Å². The van der Waals surface area contributed by atoms with Gasteiger partial charge in [0.15, 0.2) is 11.5 Å². The highest BCUT2D eigenvalue weighted by Crippen LogP contribution is 2.28. The monoisotopic (exact) mass is 328 g/mol. The molecule has 0 spiro atoms. The van der Waals surface area contributed by atoms with Crippen molar-refractivity contribution in [1.82, 2.24) is 5.32 Å². The lowest BCUT2D eigenvalue weighted by atomic mass is 10.1. The molecule has 126 valence electrons. The second kappa shape index (κ2) is 8.01. The molecule has 0 aromatic heterocycles. The number of amides is 2. The second-order valence-corrected chi connectivity index (χ2v) is 5.02. The van der Waals surface area contributed by atoms with Crippen molar-refractivity contribution in [2.45, 2.75) is 13.0 Å². The Balaban J connectivity index is 2.24. The summed E-state index contributed by atoms with van der Waals surface area (Å²) >= 11 is 0. The molecular formula is C18H20N2O4. The highest BCUT2D eigenvalue weighted by Gasteiger charge is 2.21. The molecule has 0 unspecified atom stereocenters. The third-order valence-electron chi connectivity index (χ3n) is 3.42. The Morgan fingerprint density at radius 2 is 1.83 bits per heavy atom. The molecule has 2 aromatic carbocycles. The van der Waals surface area contributed by atoms with Crippen LogP contribution >= 0.6 is 0 Å². The molecule has 0 radical (unpaired) electrons. The maximum atomic E-state index is 12.5. The van der Waals surface area contributed by atoms with Crippen molar-refractivity contribution in [2.24, 2.45) is 5.73 Å². The molecule has 2 rings (SSSR count). The van der Waals surface area contributed by atoms with Crippen LogP contribution in [0, 0.1) is 0 Å². The Labute approximate surface area is 140 Å². The fraction of sp³-hybridized carbons (Fsp3) is 0.222. The van der Waals surface area contributed by atoms with E-state index in [2.05, 4.69) is 5.32 Å². The van der Waals surface area contributed by atoms with E-state index >= 15 is 0 Å². The van der Waals surface area contributed by atoms with Gasteiger partial charge in [0.25, 0.3) is 5.91 Å². The first-order valence-corrected chi connectivity index (χ1v) is 7.52. The molecule has 0 saturated heterocycles. The van der Waals surface area contributed by atoms with Gasteiger partial charge in [-0.1, -0.05) is 30.3 Å². The van der Waals surface area contributed by atoms with Gasteiger partial charge in [0, 0.05) is 5.56 Å². The number of benzene rings is 2. The molecule has 0 aliphatic carbocycles. The summed E-state index contributed by atoms with van der Waals surface area (Å²) in [5.74, 6) is -0.0646. The van der Waals surface area contributed by atoms with E-state index in [-0.39, 0.29) is 0 Å². The van der Waals surface area contributed by atoms with Gasteiger partial charge < -0.3 is 20.5 Å². The van der Waals surface area contributed by atoms with Crippen molar-refractivity contribution >= 4 is 11.8 Å². The molecular weight excluding hydrogens is 308 g/mol. The predicted molar refractivity (Wildman–Crippen MR) is 90.0 cm³/mol. The molecule has 0 aliphatic rings. The molecule has 2 aromatic rings. The summed E-state index contributed by atoms with van der Waals surface area (Å²) in [5.41, 5.74) is 6.39. The zero-order valence-corrected chi connectivity index (χ0v) is 13.6. The van der Waals surface area contributed by atoms with Gasteiger partial charge in [0.1, 0.15) is 6.04 Å². The van der Waals surface area contributed by atoms with Crippen LogP contribution in [0.1, 0.15) is 28.9 Å². The van der Waals surface area contributed by atoms with E-state index < -0.39 is 17.9 Å². The number of ether oxygens (including phenoxy) is 2. The zero-order valence-electron chi connectivity index (χ0n) is 13.6. The average molecular weight is 328 g/mol. The SMILES string of the molecule is CCOc1cc(C(=O)N[C@H](C(N)=O)c2ccccc2)ccc1OC. The number of hydrogen-bond acceptors (Lipinski definition) is 4. The van der Waals surface area contributed by atoms with Crippen LogP contribution in [0.3, 0.4) is 0 Å². The van der Waals surface area contributed by atoms with Crippen molar-refractivity contribution in [3.8, 4) is 11.5 Å². The van der Waals surface area contributed by atoms with Crippen molar-refractivity contribution in [3.05, 3.63) is 59.7 Å². The van der Waals surface area contributed by atoms with Crippen molar-refractivity contribution in [2.75, 3.05) is 13.7 Å². The van der Waals surface area contributed by atoms with Crippen LogP contribution in [0.4, 0.5) is 0 Å². The molecule has 1 atom stereocenters. The Kier molecular flexibility index (Phi) is 5.78. The van der Waals surface area contributed by atoms with Gasteiger partial charge >= 0.3 is 0 Å². The van der Waals surface area contributed by atoms with Gasteiger partial charge in [-0.15, -0.1) is 0 Å². The topological polar surface area (TPSA) is 90.6 Å². The summed E-state index contributed by atoms with van der Waals surface area (Å²) < 4.78 is 10.6. The lowest BCUT2D eigenvalue weighted by Crippen LogP contribution is -2.37. The standard InChI is InChI=1S/C18H20N2O4/c1-3-24-15-11-13(9-10-14(15)23-2)18(22)20-16(17(19)21)12-7-5-4-6-8-12/h4-11,16H,3H2,1-2H3,(H2,19,21)(H,20,22)/t16-/m0/s1. The van der Waals surface area contributed by atoms with E-state index in [1.54, 1.807) is 42.5 Å². The van der Waals surface area contributed by atoms with Crippen LogP contribution < -0.4 is 20.5 Å². The molecule has 0 fully saturated rings. The first-order chi connectivity index (χ1) is 11.6. The number of methoxy groups -OCH3 is 1. The first-order valence-electron chi connectivity index (χ1n) is 7.52. The molecule has 0 aliphatic heterocycles. The summed E-state index contributed by atoms with van der Waals surface area (Å²) in [6, 6.07) is 12.7. The molecule has 6 nitrogen and oxygen atoms in total. The number of rotatable bonds is 7. The van der Waals surface area contributed by atoms with Crippen LogP contribution in [0.25, 0.3) is 0 Å². The third-order valence-corrected chi connectivity index (χ3v) is 3.42. The number of nitrogens with two attached hydrogens (primary N) is 1. The largest absolute Gasteiger partial charge is 0.493 e. The van der Waals surface area contributed by atoms with Gasteiger partial charge in [-0.05, 0) is 30.7 Å². The Morgan fingerprint density at radius 3 is 2.42 bits per heavy atom. The minimum atomic E-state index is -0.906. The van der Waals surface area contributed by atoms with Crippen LogP contribution in [-0.4, -0.2) is 25.5 Å². The molecule has 0 heterocycles. The first kappa shape index (κ1) is 17.3. The van der Waals surface area contributed by atoms with Crippen LogP contribution in [0.5, 0.6) is 11.5 Å². The lowest BCUT2D eigenvalue weighted by Gasteiger charge is -2.17. The highest BCUT2D eigenvalue weighted by atomic mass is 16.5. The number of primary amides is 1. The molecule has 2 amide bonds. The Hall–Kier alpha value is -3.02. The van der Waals surface area contributed by atoms with Gasteiger partial charge in [-0.3, -0.25) is 9.59 Å². The number of hydrogen-bond donors (Lipinski definition) is 2. The minimum Gasteiger partial charge on any atom is -0.493 e. The van der Waals surface area contributed by atoms with Crippen molar-refractivity contribution < 1.29 is 19.1 Å². The molecule has 6 heteroatoms. The highest BCUT2D eigenvalue weighted by molar-refractivity contribution is 5.98. The van der Waals surface area contributed by atoms with Gasteiger partial charge in [-0.25, -0.2) is 0 Å². The van der Waals surface area contributed by atoms with Gasteiger partial charge in [0.05, 0.1) is 13.7 Å². The quantitative estimate of drug-likeness (QED) is 0.814. The number of nitrogens with one attached hydrogen (secondary N) is 1. The maximum absolute atomic E-state index is 12.5. The smallest absolute Gasteiger partial charge is 0.252 e. The van der Waals surface area contributed by atoms with Gasteiger partial charge in [0.2, 0.25) is 5.91 Å². The van der Waals surface area contributed by atoms with E-state index in [9.17, 15) is 9.59 Å². The summed E-state index contributed by atoms with van der Waals surface area (Å²) in [4.78, 5) is 24.2. The third kappa shape index (κ3) is 4.04. The molecule has 24 heavy (non-hydrogen) atoms. The summed E-state index contributed by atoms with van der Waals surface area (Å²) in [5, 5.41) is 2.65. The van der Waals surface area contributed by atoms with Crippen LogP contribution in [0.15, 0.2) is 48.5 Å². The normalized spacial score (nSPS) is 11.4. The Morgan fingerprint density at radius 1 is 1.12 bits per heavy atom. The number of carbonyl (C=O) groups is 2. The second-order valence-electron chi connectivity index (χ2n) is 5.02. The molecule has 3 N–H and O–H groups in total. The van der Waals surface area contributed by atoms with Crippen molar-refractivity contribution in [3.63, 3.8) is 0 Å². The summed E-state index contributed by atoms with van der Waals surface area (Å²) in [6.07, 6.45) is 0. The fourth-order valence-corrected chi connectivity index (χ4v) is 2.26.